The first kappa shape index (κ1) is 16.5. The van der Waals surface area contributed by atoms with Gasteiger partial charge in [-0.15, -0.1) is 11.3 Å². The first-order valence-electron chi connectivity index (χ1n) is 6.78. The molecule has 0 bridgehead atoms. The number of hydrogen-bond donors (Lipinski definition) is 3. The zero-order valence-electron chi connectivity index (χ0n) is 12.3. The summed E-state index contributed by atoms with van der Waals surface area (Å²) >= 11 is 1.27. The Bertz CT molecular complexity index is 683. The van der Waals surface area contributed by atoms with E-state index in [0.29, 0.717) is 22.7 Å². The average molecular weight is 333 g/mol. The zero-order chi connectivity index (χ0) is 16.7. The normalized spacial score (nSPS) is 9.78. The molecule has 0 saturated carbocycles. The van der Waals surface area contributed by atoms with Gasteiger partial charge in [0.2, 0.25) is 0 Å². The van der Waals surface area contributed by atoms with Crippen LogP contribution in [0.15, 0.2) is 41.8 Å². The molecule has 1 aromatic carbocycles. The summed E-state index contributed by atoms with van der Waals surface area (Å²) < 4.78 is 4.86. The molecule has 120 valence electrons. The molecular weight excluding hydrogens is 318 g/mol. The van der Waals surface area contributed by atoms with E-state index in [-0.39, 0.29) is 0 Å². The van der Waals surface area contributed by atoms with Crippen LogP contribution in [0, 0.1) is 0 Å². The number of benzene rings is 1. The SMILES string of the molecule is CCOC(=O)c1ccc(NC(=O)NNC(=O)c2cccs2)cc1. The molecule has 2 aromatic rings. The van der Waals surface area contributed by atoms with Gasteiger partial charge >= 0.3 is 12.0 Å². The minimum Gasteiger partial charge on any atom is -0.462 e. The van der Waals surface area contributed by atoms with Gasteiger partial charge < -0.3 is 10.1 Å². The maximum atomic E-state index is 11.7. The maximum Gasteiger partial charge on any atom is 0.338 e. The summed E-state index contributed by atoms with van der Waals surface area (Å²) in [5.74, 6) is -0.820. The number of carbonyl (C=O) groups excluding carboxylic acids is 3. The van der Waals surface area contributed by atoms with Gasteiger partial charge in [-0.25, -0.2) is 15.0 Å². The molecule has 3 N–H and O–H groups in total. The number of rotatable bonds is 4. The number of thiophene rings is 1. The Balaban J connectivity index is 1.83. The number of ether oxygens (including phenoxy) is 1. The van der Waals surface area contributed by atoms with Crippen LogP contribution in [0.3, 0.4) is 0 Å². The van der Waals surface area contributed by atoms with Gasteiger partial charge in [0.05, 0.1) is 17.0 Å². The molecular formula is C15H15N3O4S. The summed E-state index contributed by atoms with van der Waals surface area (Å²) in [7, 11) is 0. The van der Waals surface area contributed by atoms with E-state index in [9.17, 15) is 14.4 Å². The molecule has 1 heterocycles. The van der Waals surface area contributed by atoms with Crippen LogP contribution in [0.4, 0.5) is 10.5 Å². The van der Waals surface area contributed by atoms with Crippen molar-refractivity contribution < 1.29 is 19.1 Å². The fourth-order valence-electron chi connectivity index (χ4n) is 1.65. The number of carbonyl (C=O) groups is 3. The van der Waals surface area contributed by atoms with Crippen molar-refractivity contribution in [2.75, 3.05) is 11.9 Å². The Hall–Kier alpha value is -2.87. The summed E-state index contributed by atoms with van der Waals surface area (Å²) in [6.45, 7) is 2.02. The molecule has 3 amide bonds. The van der Waals surface area contributed by atoms with Crippen LogP contribution in [-0.2, 0) is 4.74 Å². The van der Waals surface area contributed by atoms with E-state index in [2.05, 4.69) is 16.2 Å². The third-order valence-electron chi connectivity index (χ3n) is 2.69. The van der Waals surface area contributed by atoms with Crippen LogP contribution in [0.25, 0.3) is 0 Å². The predicted molar refractivity (Wildman–Crippen MR) is 86.3 cm³/mol. The summed E-state index contributed by atoms with van der Waals surface area (Å²) in [5, 5.41) is 4.29. The molecule has 2 rings (SSSR count). The number of nitrogens with one attached hydrogen (secondary N) is 3. The highest BCUT2D eigenvalue weighted by Crippen LogP contribution is 2.10. The zero-order valence-corrected chi connectivity index (χ0v) is 13.1. The van der Waals surface area contributed by atoms with Gasteiger partial charge in [0.15, 0.2) is 0 Å². The Kier molecular flexibility index (Phi) is 5.70. The second-order valence-corrected chi connectivity index (χ2v) is 5.26. The molecule has 0 spiro atoms. The van der Waals surface area contributed by atoms with Gasteiger partial charge in [-0.1, -0.05) is 6.07 Å². The monoisotopic (exact) mass is 333 g/mol. The van der Waals surface area contributed by atoms with Gasteiger partial charge in [-0.05, 0) is 42.6 Å². The highest BCUT2D eigenvalue weighted by atomic mass is 32.1. The Labute approximate surface area is 136 Å². The van der Waals surface area contributed by atoms with Crippen molar-refractivity contribution in [2.45, 2.75) is 6.92 Å². The second kappa shape index (κ2) is 7.95. The van der Waals surface area contributed by atoms with Crippen LogP contribution in [-0.4, -0.2) is 24.5 Å². The summed E-state index contributed by atoms with van der Waals surface area (Å²) in [6.07, 6.45) is 0. The van der Waals surface area contributed by atoms with Crippen molar-refractivity contribution in [3.63, 3.8) is 0 Å². The minimum absolute atomic E-state index is 0.297. The molecule has 0 radical (unpaired) electrons. The van der Waals surface area contributed by atoms with E-state index in [4.69, 9.17) is 4.74 Å². The Morgan fingerprint density at radius 3 is 2.43 bits per heavy atom. The second-order valence-electron chi connectivity index (χ2n) is 4.31. The van der Waals surface area contributed by atoms with Crippen molar-refractivity contribution in [3.05, 3.63) is 52.2 Å². The van der Waals surface area contributed by atoms with Crippen LogP contribution in [0.1, 0.15) is 27.0 Å². The van der Waals surface area contributed by atoms with Gasteiger partial charge in [0.25, 0.3) is 5.91 Å². The van der Waals surface area contributed by atoms with Gasteiger partial charge in [-0.3, -0.25) is 10.2 Å². The van der Waals surface area contributed by atoms with Crippen LogP contribution in [0.5, 0.6) is 0 Å². The van der Waals surface area contributed by atoms with Crippen molar-refractivity contribution in [2.24, 2.45) is 0 Å². The van der Waals surface area contributed by atoms with Crippen molar-refractivity contribution in [1.29, 1.82) is 0 Å². The lowest BCUT2D eigenvalue weighted by Gasteiger charge is -2.09. The quantitative estimate of drug-likeness (QED) is 0.591. The van der Waals surface area contributed by atoms with Crippen molar-refractivity contribution in [3.8, 4) is 0 Å². The minimum atomic E-state index is -0.598. The molecule has 0 aliphatic carbocycles. The molecule has 0 unspecified atom stereocenters. The molecule has 0 fully saturated rings. The van der Waals surface area contributed by atoms with Gasteiger partial charge in [0.1, 0.15) is 0 Å². The van der Waals surface area contributed by atoms with E-state index >= 15 is 0 Å². The van der Waals surface area contributed by atoms with Crippen molar-refractivity contribution >= 4 is 34.9 Å². The van der Waals surface area contributed by atoms with Crippen molar-refractivity contribution in [1.82, 2.24) is 10.9 Å². The Morgan fingerprint density at radius 1 is 1.09 bits per heavy atom. The molecule has 0 saturated heterocycles. The highest BCUT2D eigenvalue weighted by molar-refractivity contribution is 7.12. The lowest BCUT2D eigenvalue weighted by molar-refractivity contribution is 0.0526. The fraction of sp³-hybridized carbons (Fsp3) is 0.133. The maximum absolute atomic E-state index is 11.7. The lowest BCUT2D eigenvalue weighted by atomic mass is 10.2. The molecule has 8 heteroatoms. The highest BCUT2D eigenvalue weighted by Gasteiger charge is 2.09. The molecule has 0 aliphatic heterocycles. The van der Waals surface area contributed by atoms with E-state index in [1.807, 2.05) is 0 Å². The molecule has 0 aliphatic rings. The molecule has 23 heavy (non-hydrogen) atoms. The fourth-order valence-corrected chi connectivity index (χ4v) is 2.27. The van der Waals surface area contributed by atoms with Crippen LogP contribution < -0.4 is 16.2 Å². The number of hydrazine groups is 1. The van der Waals surface area contributed by atoms with Crippen LogP contribution in [0.2, 0.25) is 0 Å². The lowest BCUT2D eigenvalue weighted by Crippen LogP contribution is -2.43. The molecule has 7 nitrogen and oxygen atoms in total. The first-order chi connectivity index (χ1) is 11.1. The molecule has 0 atom stereocenters. The summed E-state index contributed by atoms with van der Waals surface area (Å²) in [5.41, 5.74) is 5.39. The third-order valence-corrected chi connectivity index (χ3v) is 3.56. The number of anilines is 1. The number of urea groups is 1. The average Bonchev–Trinajstić information content (AvgIpc) is 3.08. The largest absolute Gasteiger partial charge is 0.462 e. The smallest absolute Gasteiger partial charge is 0.338 e. The molecule has 1 aromatic heterocycles. The standard InChI is InChI=1S/C15H15N3O4S/c1-2-22-14(20)10-5-7-11(8-6-10)16-15(21)18-17-13(19)12-4-3-9-23-12/h3-9H,2H2,1H3,(H,17,19)(H2,16,18,21). The Morgan fingerprint density at radius 2 is 1.83 bits per heavy atom. The number of esters is 1. The summed E-state index contributed by atoms with van der Waals surface area (Å²) in [6, 6.07) is 8.99. The van der Waals surface area contributed by atoms with E-state index < -0.39 is 17.9 Å². The van der Waals surface area contributed by atoms with E-state index in [0.717, 1.165) is 0 Å². The third kappa shape index (κ3) is 4.82. The van der Waals surface area contributed by atoms with Gasteiger partial charge in [-0.2, -0.15) is 0 Å². The summed E-state index contributed by atoms with van der Waals surface area (Å²) in [4.78, 5) is 35.3. The number of amides is 3. The van der Waals surface area contributed by atoms with E-state index in [1.54, 1.807) is 36.6 Å². The topological polar surface area (TPSA) is 96.5 Å². The van der Waals surface area contributed by atoms with Crippen LogP contribution >= 0.6 is 11.3 Å². The van der Waals surface area contributed by atoms with Gasteiger partial charge in [0, 0.05) is 5.69 Å². The number of hydrogen-bond acceptors (Lipinski definition) is 5. The predicted octanol–water partition coefficient (Wildman–Crippen LogP) is 2.39. The van der Waals surface area contributed by atoms with E-state index in [1.165, 1.54) is 23.5 Å². The first-order valence-corrected chi connectivity index (χ1v) is 7.66.